The topological polar surface area (TPSA) is 85.7 Å². The molecule has 1 aromatic rings. The highest BCUT2D eigenvalue weighted by molar-refractivity contribution is 6.07. The first-order valence-electron chi connectivity index (χ1n) is 9.59. The van der Waals surface area contributed by atoms with Crippen LogP contribution in [0.25, 0.3) is 0 Å². The van der Waals surface area contributed by atoms with Gasteiger partial charge in [0.2, 0.25) is 17.6 Å². The van der Waals surface area contributed by atoms with E-state index in [0.717, 1.165) is 16.3 Å². The molecule has 0 saturated carbocycles. The van der Waals surface area contributed by atoms with Gasteiger partial charge in [-0.3, -0.25) is 24.1 Å². The van der Waals surface area contributed by atoms with Gasteiger partial charge in [-0.15, -0.1) is 0 Å². The molecular weight excluding hydrogens is 360 g/mol. The largest absolute Gasteiger partial charge is 0.456 e. The van der Waals surface area contributed by atoms with Crippen LogP contribution in [0, 0.1) is 25.7 Å². The molecule has 0 radical (unpaired) electrons. The third kappa shape index (κ3) is 3.53. The third-order valence-corrected chi connectivity index (χ3v) is 5.55. The number of aryl methyl sites for hydroxylation is 1. The Balaban J connectivity index is 1.59. The highest BCUT2D eigenvalue weighted by atomic mass is 16.5. The molecule has 0 unspecified atom stereocenters. The maximum absolute atomic E-state index is 12.5. The standard InChI is InChI=1S/C21H26N2O5/c1-12(2)23-13(3)9-17(14(23)4)18(24)11-28-19(25)10-22-20(26)15-7-5-6-8-16(15)21(22)27/h5-6,9,12,15-16H,7-8,10-11H2,1-4H3/t15-,16-/m0/s1. The predicted octanol–water partition coefficient (Wildman–Crippen LogP) is 2.36. The van der Waals surface area contributed by atoms with Crippen LogP contribution in [0.1, 0.15) is 54.5 Å². The summed E-state index contributed by atoms with van der Waals surface area (Å²) in [4.78, 5) is 50.4. The lowest BCUT2D eigenvalue weighted by Gasteiger charge is -2.14. The number of imide groups is 1. The maximum Gasteiger partial charge on any atom is 0.326 e. The molecule has 2 heterocycles. The molecule has 2 amide bonds. The van der Waals surface area contributed by atoms with E-state index < -0.39 is 19.1 Å². The summed E-state index contributed by atoms with van der Waals surface area (Å²) in [5.74, 6) is -2.47. The van der Waals surface area contributed by atoms with Crippen molar-refractivity contribution in [2.45, 2.75) is 46.6 Å². The summed E-state index contributed by atoms with van der Waals surface area (Å²) in [6.45, 7) is 7.00. The number of amides is 2. The SMILES string of the molecule is Cc1cc(C(=O)COC(=O)CN2C(=O)[C@H]3CC=CC[C@@H]3C2=O)c(C)n1C(C)C. The van der Waals surface area contributed by atoms with Crippen molar-refractivity contribution in [2.24, 2.45) is 11.8 Å². The number of Topliss-reactive ketones (excluding diaryl/α,β-unsaturated/α-hetero) is 1. The van der Waals surface area contributed by atoms with Crippen molar-refractivity contribution in [3.8, 4) is 0 Å². The van der Waals surface area contributed by atoms with Crippen LogP contribution >= 0.6 is 0 Å². The Morgan fingerprint density at radius 1 is 1.11 bits per heavy atom. The lowest BCUT2D eigenvalue weighted by atomic mass is 9.85. The van der Waals surface area contributed by atoms with E-state index in [4.69, 9.17) is 4.74 Å². The maximum atomic E-state index is 12.5. The second-order valence-corrected chi connectivity index (χ2v) is 7.75. The number of fused-ring (bicyclic) bond motifs is 1. The zero-order chi connectivity index (χ0) is 20.6. The molecule has 0 spiro atoms. The third-order valence-electron chi connectivity index (χ3n) is 5.55. The predicted molar refractivity (Wildman–Crippen MR) is 102 cm³/mol. The van der Waals surface area contributed by atoms with Gasteiger partial charge in [0.05, 0.1) is 11.8 Å². The molecule has 1 fully saturated rings. The number of esters is 1. The average molecular weight is 386 g/mol. The molecule has 1 aromatic heterocycles. The van der Waals surface area contributed by atoms with Gasteiger partial charge in [0.15, 0.2) is 6.61 Å². The fraction of sp³-hybridized carbons (Fsp3) is 0.524. The Morgan fingerprint density at radius 3 is 2.18 bits per heavy atom. The van der Waals surface area contributed by atoms with Crippen molar-refractivity contribution >= 4 is 23.6 Å². The van der Waals surface area contributed by atoms with Crippen molar-refractivity contribution in [3.63, 3.8) is 0 Å². The van der Waals surface area contributed by atoms with Crippen molar-refractivity contribution < 1.29 is 23.9 Å². The van der Waals surface area contributed by atoms with Gasteiger partial charge in [-0.25, -0.2) is 0 Å². The molecular formula is C21H26N2O5. The van der Waals surface area contributed by atoms with E-state index in [0.29, 0.717) is 18.4 Å². The molecule has 1 aliphatic heterocycles. The van der Waals surface area contributed by atoms with Crippen LogP contribution in [-0.4, -0.2) is 46.2 Å². The van der Waals surface area contributed by atoms with Gasteiger partial charge in [-0.05, 0) is 46.6 Å². The molecule has 1 saturated heterocycles. The van der Waals surface area contributed by atoms with Gasteiger partial charge in [-0.1, -0.05) is 12.2 Å². The Hall–Kier alpha value is -2.70. The molecule has 2 atom stereocenters. The molecule has 7 nitrogen and oxygen atoms in total. The normalized spacial score (nSPS) is 21.4. The number of ketones is 1. The van der Waals surface area contributed by atoms with Gasteiger partial charge in [0.1, 0.15) is 6.54 Å². The molecule has 28 heavy (non-hydrogen) atoms. The van der Waals surface area contributed by atoms with Crippen molar-refractivity contribution in [3.05, 3.63) is 35.2 Å². The number of likely N-dealkylation sites (tertiary alicyclic amines) is 1. The highest BCUT2D eigenvalue weighted by Gasteiger charge is 2.47. The summed E-state index contributed by atoms with van der Waals surface area (Å²) in [6, 6.07) is 2.01. The Kier molecular flexibility index (Phi) is 5.54. The second-order valence-electron chi connectivity index (χ2n) is 7.75. The Labute approximate surface area is 164 Å². The quantitative estimate of drug-likeness (QED) is 0.324. The lowest BCUT2D eigenvalue weighted by molar-refractivity contribution is -0.152. The summed E-state index contributed by atoms with van der Waals surface area (Å²) in [5.41, 5.74) is 2.31. The number of allylic oxidation sites excluding steroid dienone is 2. The molecule has 7 heteroatoms. The number of hydrogen-bond acceptors (Lipinski definition) is 5. The highest BCUT2D eigenvalue weighted by Crippen LogP contribution is 2.34. The summed E-state index contributed by atoms with van der Waals surface area (Å²) in [7, 11) is 0. The van der Waals surface area contributed by atoms with Gasteiger partial charge in [-0.2, -0.15) is 0 Å². The minimum atomic E-state index is -0.751. The summed E-state index contributed by atoms with van der Waals surface area (Å²) in [5, 5.41) is 0. The van der Waals surface area contributed by atoms with E-state index in [9.17, 15) is 19.2 Å². The molecule has 2 aliphatic rings. The number of carbonyl (C=O) groups excluding carboxylic acids is 4. The first kappa shape index (κ1) is 20.0. The molecule has 1 aliphatic carbocycles. The molecule has 0 N–H and O–H groups in total. The first-order chi connectivity index (χ1) is 13.2. The zero-order valence-electron chi connectivity index (χ0n) is 16.7. The first-order valence-corrected chi connectivity index (χ1v) is 9.59. The number of nitrogens with zero attached hydrogens (tertiary/aromatic N) is 2. The van der Waals surface area contributed by atoms with Crippen LogP contribution in [0.3, 0.4) is 0 Å². The lowest BCUT2D eigenvalue weighted by Crippen LogP contribution is -2.37. The van der Waals surface area contributed by atoms with E-state index in [1.807, 2.05) is 44.4 Å². The van der Waals surface area contributed by atoms with Crippen LogP contribution < -0.4 is 0 Å². The fourth-order valence-corrected chi connectivity index (χ4v) is 4.28. The van der Waals surface area contributed by atoms with Gasteiger partial charge >= 0.3 is 5.97 Å². The zero-order valence-corrected chi connectivity index (χ0v) is 16.7. The van der Waals surface area contributed by atoms with E-state index in [1.165, 1.54) is 0 Å². The Morgan fingerprint density at radius 2 is 1.68 bits per heavy atom. The minimum Gasteiger partial charge on any atom is -0.456 e. The molecule has 3 rings (SSSR count). The van der Waals surface area contributed by atoms with Crippen LogP contribution in [0.2, 0.25) is 0 Å². The monoisotopic (exact) mass is 386 g/mol. The second kappa shape index (κ2) is 7.73. The van der Waals surface area contributed by atoms with E-state index in [1.54, 1.807) is 6.07 Å². The van der Waals surface area contributed by atoms with Gasteiger partial charge < -0.3 is 9.30 Å². The molecule has 0 aromatic carbocycles. The molecule has 0 bridgehead atoms. The summed E-state index contributed by atoms with van der Waals surface area (Å²) >= 11 is 0. The number of hydrogen-bond donors (Lipinski definition) is 0. The number of carbonyl (C=O) groups is 4. The van der Waals surface area contributed by atoms with E-state index >= 15 is 0 Å². The fourth-order valence-electron chi connectivity index (χ4n) is 4.28. The van der Waals surface area contributed by atoms with E-state index in [-0.39, 0.29) is 35.5 Å². The van der Waals surface area contributed by atoms with Crippen LogP contribution in [0.15, 0.2) is 18.2 Å². The van der Waals surface area contributed by atoms with Crippen LogP contribution in [0.4, 0.5) is 0 Å². The number of rotatable bonds is 6. The molecule has 150 valence electrons. The van der Waals surface area contributed by atoms with Crippen molar-refractivity contribution in [1.82, 2.24) is 9.47 Å². The van der Waals surface area contributed by atoms with Crippen molar-refractivity contribution in [2.75, 3.05) is 13.2 Å². The van der Waals surface area contributed by atoms with Gasteiger partial charge in [0.25, 0.3) is 0 Å². The number of aromatic nitrogens is 1. The average Bonchev–Trinajstić information content (AvgIpc) is 3.08. The van der Waals surface area contributed by atoms with Crippen LogP contribution in [0.5, 0.6) is 0 Å². The summed E-state index contributed by atoms with van der Waals surface area (Å²) in [6.07, 6.45) is 4.82. The number of ether oxygens (including phenoxy) is 1. The Bertz CT molecular complexity index is 838. The van der Waals surface area contributed by atoms with Crippen LogP contribution in [-0.2, 0) is 19.1 Å². The van der Waals surface area contributed by atoms with Crippen molar-refractivity contribution in [1.29, 1.82) is 0 Å². The minimum absolute atomic E-state index is 0.217. The summed E-state index contributed by atoms with van der Waals surface area (Å²) < 4.78 is 7.12. The van der Waals surface area contributed by atoms with Gasteiger partial charge in [0, 0.05) is 23.0 Å². The smallest absolute Gasteiger partial charge is 0.326 e. The van der Waals surface area contributed by atoms with E-state index in [2.05, 4.69) is 0 Å².